The minimum Gasteiger partial charge on any atom is -0.497 e. The molecular weight excluding hydrogens is 368 g/mol. The highest BCUT2D eigenvalue weighted by Gasteiger charge is 2.33. The van der Waals surface area contributed by atoms with Gasteiger partial charge >= 0.3 is 6.09 Å². The second-order valence-electron chi connectivity index (χ2n) is 8.22. The van der Waals surface area contributed by atoms with E-state index in [-0.39, 0.29) is 11.9 Å². The molecule has 6 heteroatoms. The lowest BCUT2D eigenvalue weighted by Crippen LogP contribution is -2.32. The van der Waals surface area contributed by atoms with Crippen LogP contribution in [0.25, 0.3) is 0 Å². The van der Waals surface area contributed by atoms with Crippen LogP contribution in [0.5, 0.6) is 5.75 Å². The standard InChI is InChI=1S/C23H28N2O4/c1-23(2,3)29-22(27)24-18-9-7-17(8-10-18)21(26)25(19-11-12-19)15-16-5-13-20(28-4)14-6-16/h5-10,13-14,19H,11-12,15H2,1-4H3,(H,24,27). The van der Waals surface area contributed by atoms with E-state index in [4.69, 9.17) is 9.47 Å². The van der Waals surface area contributed by atoms with E-state index in [0.29, 0.717) is 17.8 Å². The Bertz CT molecular complexity index is 850. The first kappa shape index (κ1) is 20.7. The maximum absolute atomic E-state index is 13.1. The first-order chi connectivity index (χ1) is 13.7. The molecule has 154 valence electrons. The Kier molecular flexibility index (Phi) is 6.11. The van der Waals surface area contributed by atoms with Crippen molar-refractivity contribution < 1.29 is 19.1 Å². The third-order valence-electron chi connectivity index (χ3n) is 4.54. The lowest BCUT2D eigenvalue weighted by atomic mass is 10.1. The van der Waals surface area contributed by atoms with Crippen LogP contribution in [0, 0.1) is 0 Å². The van der Waals surface area contributed by atoms with Gasteiger partial charge in [0, 0.05) is 23.8 Å². The molecule has 0 atom stereocenters. The van der Waals surface area contributed by atoms with E-state index in [1.807, 2.05) is 49.9 Å². The average Bonchev–Trinajstić information content (AvgIpc) is 3.50. The number of anilines is 1. The molecule has 3 rings (SSSR count). The van der Waals surface area contributed by atoms with Crippen LogP contribution in [0.3, 0.4) is 0 Å². The van der Waals surface area contributed by atoms with Crippen molar-refractivity contribution in [3.8, 4) is 5.75 Å². The maximum atomic E-state index is 13.1. The van der Waals surface area contributed by atoms with Crippen LogP contribution in [0.1, 0.15) is 49.5 Å². The summed E-state index contributed by atoms with van der Waals surface area (Å²) in [5.74, 6) is 0.790. The van der Waals surface area contributed by atoms with Gasteiger partial charge in [-0.2, -0.15) is 0 Å². The van der Waals surface area contributed by atoms with Gasteiger partial charge in [0.2, 0.25) is 0 Å². The van der Waals surface area contributed by atoms with Crippen molar-refractivity contribution in [3.05, 3.63) is 59.7 Å². The Hall–Kier alpha value is -3.02. The van der Waals surface area contributed by atoms with E-state index >= 15 is 0 Å². The molecule has 0 spiro atoms. The topological polar surface area (TPSA) is 67.9 Å². The minimum atomic E-state index is -0.563. The van der Waals surface area contributed by atoms with E-state index < -0.39 is 11.7 Å². The number of hydrogen-bond acceptors (Lipinski definition) is 4. The van der Waals surface area contributed by atoms with Gasteiger partial charge in [0.15, 0.2) is 0 Å². The number of ether oxygens (including phenoxy) is 2. The number of hydrogen-bond donors (Lipinski definition) is 1. The van der Waals surface area contributed by atoms with Crippen LogP contribution in [0.2, 0.25) is 0 Å². The van der Waals surface area contributed by atoms with Crippen LogP contribution in [0.15, 0.2) is 48.5 Å². The Morgan fingerprint density at radius 2 is 1.66 bits per heavy atom. The average molecular weight is 396 g/mol. The van der Waals surface area contributed by atoms with Crippen molar-refractivity contribution in [2.75, 3.05) is 12.4 Å². The molecule has 29 heavy (non-hydrogen) atoms. The second-order valence-corrected chi connectivity index (χ2v) is 8.22. The minimum absolute atomic E-state index is 0.00728. The molecule has 0 bridgehead atoms. The van der Waals surface area contributed by atoms with Gasteiger partial charge in [-0.15, -0.1) is 0 Å². The molecule has 2 aromatic carbocycles. The lowest BCUT2D eigenvalue weighted by molar-refractivity contribution is 0.0635. The zero-order chi connectivity index (χ0) is 21.0. The van der Waals surface area contributed by atoms with E-state index in [2.05, 4.69) is 5.32 Å². The summed E-state index contributed by atoms with van der Waals surface area (Å²) in [5.41, 5.74) is 1.69. The lowest BCUT2D eigenvalue weighted by Gasteiger charge is -2.23. The molecule has 2 aromatic rings. The molecule has 1 aliphatic carbocycles. The molecule has 0 heterocycles. The zero-order valence-corrected chi connectivity index (χ0v) is 17.4. The molecule has 0 aliphatic heterocycles. The van der Waals surface area contributed by atoms with Crippen molar-refractivity contribution in [2.24, 2.45) is 0 Å². The number of nitrogens with zero attached hydrogens (tertiary/aromatic N) is 1. The third kappa shape index (κ3) is 5.98. The normalized spacial score (nSPS) is 13.5. The fourth-order valence-corrected chi connectivity index (χ4v) is 2.96. The zero-order valence-electron chi connectivity index (χ0n) is 17.4. The van der Waals surface area contributed by atoms with E-state index in [1.54, 1.807) is 31.4 Å². The number of methoxy groups -OCH3 is 1. The quantitative estimate of drug-likeness (QED) is 0.758. The number of rotatable bonds is 6. The summed E-state index contributed by atoms with van der Waals surface area (Å²) >= 11 is 0. The number of carbonyl (C=O) groups excluding carboxylic acids is 2. The molecule has 1 saturated carbocycles. The van der Waals surface area contributed by atoms with Gasteiger partial charge in [-0.1, -0.05) is 12.1 Å². The fraction of sp³-hybridized carbons (Fsp3) is 0.391. The summed E-state index contributed by atoms with van der Waals surface area (Å²) in [5, 5.41) is 2.68. The van der Waals surface area contributed by atoms with Crippen LogP contribution < -0.4 is 10.1 Å². The molecule has 1 fully saturated rings. The summed E-state index contributed by atoms with van der Waals surface area (Å²) in [4.78, 5) is 26.9. The van der Waals surface area contributed by atoms with Crippen LogP contribution in [0.4, 0.5) is 10.5 Å². The number of benzene rings is 2. The summed E-state index contributed by atoms with van der Waals surface area (Å²) in [6.45, 7) is 5.99. The predicted molar refractivity (Wildman–Crippen MR) is 112 cm³/mol. The molecule has 1 aliphatic rings. The molecule has 0 saturated heterocycles. The Balaban J connectivity index is 1.66. The van der Waals surface area contributed by atoms with Gasteiger partial charge in [-0.05, 0) is 75.6 Å². The van der Waals surface area contributed by atoms with Gasteiger partial charge in [0.25, 0.3) is 5.91 Å². The largest absolute Gasteiger partial charge is 0.497 e. The molecule has 0 radical (unpaired) electrons. The monoisotopic (exact) mass is 396 g/mol. The number of amides is 2. The van der Waals surface area contributed by atoms with E-state index in [0.717, 1.165) is 24.2 Å². The molecular formula is C23H28N2O4. The van der Waals surface area contributed by atoms with Gasteiger partial charge in [-0.3, -0.25) is 10.1 Å². The highest BCUT2D eigenvalue weighted by atomic mass is 16.6. The molecule has 6 nitrogen and oxygen atoms in total. The second kappa shape index (κ2) is 8.55. The predicted octanol–water partition coefficient (Wildman–Crippen LogP) is 4.85. The van der Waals surface area contributed by atoms with Crippen molar-refractivity contribution >= 4 is 17.7 Å². The SMILES string of the molecule is COc1ccc(CN(C(=O)c2ccc(NC(=O)OC(C)(C)C)cc2)C2CC2)cc1. The Labute approximate surface area is 171 Å². The van der Waals surface area contributed by atoms with Gasteiger partial charge in [0.1, 0.15) is 11.4 Å². The summed E-state index contributed by atoms with van der Waals surface area (Å²) < 4.78 is 10.4. The summed E-state index contributed by atoms with van der Waals surface area (Å²) in [6, 6.07) is 15.0. The van der Waals surface area contributed by atoms with Gasteiger partial charge in [0.05, 0.1) is 7.11 Å². The molecule has 2 amide bonds. The first-order valence-corrected chi connectivity index (χ1v) is 9.79. The van der Waals surface area contributed by atoms with Crippen molar-refractivity contribution in [2.45, 2.75) is 51.8 Å². The first-order valence-electron chi connectivity index (χ1n) is 9.79. The number of carbonyl (C=O) groups is 2. The highest BCUT2D eigenvalue weighted by Crippen LogP contribution is 2.30. The fourth-order valence-electron chi connectivity index (χ4n) is 2.96. The van der Waals surface area contributed by atoms with Crippen molar-refractivity contribution in [3.63, 3.8) is 0 Å². The maximum Gasteiger partial charge on any atom is 0.412 e. The van der Waals surface area contributed by atoms with Crippen LogP contribution in [-0.2, 0) is 11.3 Å². The molecule has 0 unspecified atom stereocenters. The van der Waals surface area contributed by atoms with Gasteiger partial charge in [-0.25, -0.2) is 4.79 Å². The van der Waals surface area contributed by atoms with Crippen LogP contribution >= 0.6 is 0 Å². The highest BCUT2D eigenvalue weighted by molar-refractivity contribution is 5.95. The smallest absolute Gasteiger partial charge is 0.412 e. The summed E-state index contributed by atoms with van der Waals surface area (Å²) in [7, 11) is 1.64. The number of nitrogens with one attached hydrogen (secondary N) is 1. The molecule has 1 N–H and O–H groups in total. The van der Waals surface area contributed by atoms with Crippen molar-refractivity contribution in [1.82, 2.24) is 4.90 Å². The summed E-state index contributed by atoms with van der Waals surface area (Å²) in [6.07, 6.45) is 1.54. The van der Waals surface area contributed by atoms with E-state index in [1.165, 1.54) is 0 Å². The Morgan fingerprint density at radius 3 is 2.17 bits per heavy atom. The van der Waals surface area contributed by atoms with E-state index in [9.17, 15) is 9.59 Å². The third-order valence-corrected chi connectivity index (χ3v) is 4.54. The Morgan fingerprint density at radius 1 is 1.03 bits per heavy atom. The van der Waals surface area contributed by atoms with Crippen molar-refractivity contribution in [1.29, 1.82) is 0 Å². The molecule has 0 aromatic heterocycles. The van der Waals surface area contributed by atoms with Crippen LogP contribution in [-0.4, -0.2) is 35.7 Å². The van der Waals surface area contributed by atoms with Gasteiger partial charge < -0.3 is 14.4 Å².